The highest BCUT2D eigenvalue weighted by molar-refractivity contribution is 6.07. The van der Waals surface area contributed by atoms with Gasteiger partial charge in [-0.1, -0.05) is 42.5 Å². The SMILES string of the molecule is O=C(c1cccc2ccccc12)N1CCCC(C(=O)N2CC=C(c3c[nH]c4cc(F)ccc34)CC2)C1. The summed E-state index contributed by atoms with van der Waals surface area (Å²) in [6, 6.07) is 18.5. The van der Waals surface area contributed by atoms with Crippen molar-refractivity contribution in [2.24, 2.45) is 5.92 Å². The van der Waals surface area contributed by atoms with E-state index in [2.05, 4.69) is 11.1 Å². The summed E-state index contributed by atoms with van der Waals surface area (Å²) in [5.74, 6) is -0.308. The van der Waals surface area contributed by atoms with Gasteiger partial charge < -0.3 is 14.8 Å². The van der Waals surface area contributed by atoms with Crippen LogP contribution in [0.4, 0.5) is 4.39 Å². The Balaban J connectivity index is 1.15. The number of nitrogens with zero attached hydrogens (tertiary/aromatic N) is 2. The van der Waals surface area contributed by atoms with Crippen molar-refractivity contribution in [3.63, 3.8) is 0 Å². The van der Waals surface area contributed by atoms with Crippen molar-refractivity contribution in [1.29, 1.82) is 0 Å². The van der Waals surface area contributed by atoms with Crippen LogP contribution in [0.25, 0.3) is 27.2 Å². The highest BCUT2D eigenvalue weighted by atomic mass is 19.1. The minimum absolute atomic E-state index is 0.000832. The number of hydrogen-bond donors (Lipinski definition) is 1. The van der Waals surface area contributed by atoms with Crippen molar-refractivity contribution in [2.75, 3.05) is 26.2 Å². The molecule has 3 aromatic carbocycles. The molecule has 0 radical (unpaired) electrons. The van der Waals surface area contributed by atoms with Crippen molar-refractivity contribution in [3.8, 4) is 0 Å². The Kier molecular flexibility index (Phi) is 5.80. The minimum atomic E-state index is -0.259. The number of hydrogen-bond acceptors (Lipinski definition) is 2. The van der Waals surface area contributed by atoms with Crippen LogP contribution in [0.3, 0.4) is 0 Å². The van der Waals surface area contributed by atoms with Crippen LogP contribution in [-0.2, 0) is 4.79 Å². The Morgan fingerprint density at radius 1 is 0.944 bits per heavy atom. The van der Waals surface area contributed by atoms with Gasteiger partial charge in [-0.25, -0.2) is 4.39 Å². The van der Waals surface area contributed by atoms with Crippen LogP contribution in [0.1, 0.15) is 35.2 Å². The number of aromatic amines is 1. The fraction of sp³-hybridized carbons (Fsp3) is 0.267. The third kappa shape index (κ3) is 4.06. The van der Waals surface area contributed by atoms with E-state index in [-0.39, 0.29) is 23.5 Å². The Bertz CT molecular complexity index is 1500. The Labute approximate surface area is 209 Å². The van der Waals surface area contributed by atoms with Gasteiger partial charge in [0.15, 0.2) is 0 Å². The zero-order chi connectivity index (χ0) is 24.6. The zero-order valence-electron chi connectivity index (χ0n) is 20.0. The maximum Gasteiger partial charge on any atom is 0.254 e. The van der Waals surface area contributed by atoms with E-state index in [0.717, 1.165) is 46.5 Å². The van der Waals surface area contributed by atoms with Gasteiger partial charge in [0.1, 0.15) is 5.82 Å². The van der Waals surface area contributed by atoms with Crippen LogP contribution in [0.15, 0.2) is 72.9 Å². The molecule has 1 fully saturated rings. The summed E-state index contributed by atoms with van der Waals surface area (Å²) in [6.07, 6.45) is 6.41. The number of carbonyl (C=O) groups is 2. The van der Waals surface area contributed by atoms with E-state index in [4.69, 9.17) is 0 Å². The molecule has 0 bridgehead atoms. The standard InChI is InChI=1S/C30H28FN3O2/c31-23-10-11-25-27(18-32-28(25)17-23)21-12-15-33(16-13-21)29(35)22-7-4-14-34(19-22)30(36)26-9-3-6-20-5-1-2-8-24(20)26/h1-3,5-6,8-12,17-18,22,32H,4,7,13-16,19H2. The van der Waals surface area contributed by atoms with Gasteiger partial charge >= 0.3 is 0 Å². The molecule has 2 amide bonds. The molecule has 1 atom stereocenters. The first kappa shape index (κ1) is 22.5. The van der Waals surface area contributed by atoms with Crippen molar-refractivity contribution in [2.45, 2.75) is 19.3 Å². The Morgan fingerprint density at radius 2 is 1.81 bits per heavy atom. The fourth-order valence-electron chi connectivity index (χ4n) is 5.68. The fourth-order valence-corrected chi connectivity index (χ4v) is 5.68. The summed E-state index contributed by atoms with van der Waals surface area (Å²) in [7, 11) is 0. The van der Waals surface area contributed by atoms with Gasteiger partial charge in [-0.2, -0.15) is 0 Å². The van der Waals surface area contributed by atoms with E-state index in [1.165, 1.54) is 17.7 Å². The Morgan fingerprint density at radius 3 is 2.67 bits per heavy atom. The van der Waals surface area contributed by atoms with Gasteiger partial charge in [-0.15, -0.1) is 0 Å². The van der Waals surface area contributed by atoms with Gasteiger partial charge in [-0.05, 0) is 59.9 Å². The molecule has 1 unspecified atom stereocenters. The predicted octanol–water partition coefficient (Wildman–Crippen LogP) is 5.63. The number of likely N-dealkylation sites (tertiary alicyclic amines) is 1. The average molecular weight is 482 g/mol. The van der Waals surface area contributed by atoms with Gasteiger partial charge in [0.05, 0.1) is 5.92 Å². The van der Waals surface area contributed by atoms with Crippen molar-refractivity contribution < 1.29 is 14.0 Å². The molecule has 0 saturated carbocycles. The molecule has 2 aliphatic heterocycles. The zero-order valence-corrected chi connectivity index (χ0v) is 20.0. The maximum atomic E-state index is 13.5. The van der Waals surface area contributed by atoms with E-state index in [0.29, 0.717) is 31.7 Å². The summed E-state index contributed by atoms with van der Waals surface area (Å²) in [5, 5.41) is 2.99. The molecular formula is C30H28FN3O2. The van der Waals surface area contributed by atoms with E-state index < -0.39 is 0 Å². The normalized spacial score (nSPS) is 18.5. The summed E-state index contributed by atoms with van der Waals surface area (Å²) in [6.45, 7) is 2.33. The number of halogens is 1. The maximum absolute atomic E-state index is 13.5. The van der Waals surface area contributed by atoms with Gasteiger partial charge in [0.2, 0.25) is 5.91 Å². The molecule has 1 saturated heterocycles. The smallest absolute Gasteiger partial charge is 0.254 e. The first-order valence-electron chi connectivity index (χ1n) is 12.6. The number of aromatic nitrogens is 1. The van der Waals surface area contributed by atoms with E-state index >= 15 is 0 Å². The minimum Gasteiger partial charge on any atom is -0.360 e. The molecular weight excluding hydrogens is 453 g/mol. The summed E-state index contributed by atoms with van der Waals surface area (Å²) >= 11 is 0. The van der Waals surface area contributed by atoms with Crippen LogP contribution >= 0.6 is 0 Å². The lowest BCUT2D eigenvalue weighted by Crippen LogP contribution is -2.47. The van der Waals surface area contributed by atoms with Crippen LogP contribution in [0.5, 0.6) is 0 Å². The lowest BCUT2D eigenvalue weighted by molar-refractivity contribution is -0.136. The molecule has 36 heavy (non-hydrogen) atoms. The van der Waals surface area contributed by atoms with Crippen LogP contribution < -0.4 is 0 Å². The second-order valence-electron chi connectivity index (χ2n) is 9.77. The summed E-state index contributed by atoms with van der Waals surface area (Å²) in [4.78, 5) is 33.8. The topological polar surface area (TPSA) is 56.4 Å². The van der Waals surface area contributed by atoms with Crippen LogP contribution in [0, 0.1) is 11.7 Å². The number of rotatable bonds is 3. The summed E-state index contributed by atoms with van der Waals surface area (Å²) < 4.78 is 13.5. The Hall–Kier alpha value is -3.93. The second-order valence-corrected chi connectivity index (χ2v) is 9.77. The third-order valence-electron chi connectivity index (χ3n) is 7.59. The highest BCUT2D eigenvalue weighted by Gasteiger charge is 2.32. The van der Waals surface area contributed by atoms with Crippen LogP contribution in [0.2, 0.25) is 0 Å². The number of carbonyl (C=O) groups excluding carboxylic acids is 2. The molecule has 3 heterocycles. The number of benzene rings is 3. The number of H-pyrrole nitrogens is 1. The van der Waals surface area contributed by atoms with Crippen LogP contribution in [-0.4, -0.2) is 52.8 Å². The molecule has 5 nitrogen and oxygen atoms in total. The second kappa shape index (κ2) is 9.26. The highest BCUT2D eigenvalue weighted by Crippen LogP contribution is 2.31. The molecule has 182 valence electrons. The third-order valence-corrected chi connectivity index (χ3v) is 7.59. The van der Waals surface area contributed by atoms with Crippen molar-refractivity contribution in [1.82, 2.24) is 14.8 Å². The lowest BCUT2D eigenvalue weighted by atomic mass is 9.93. The van der Waals surface area contributed by atoms with Gasteiger partial charge in [0.25, 0.3) is 5.91 Å². The molecule has 1 aromatic heterocycles. The van der Waals surface area contributed by atoms with Crippen molar-refractivity contribution in [3.05, 3.63) is 89.9 Å². The molecule has 0 spiro atoms. The van der Waals surface area contributed by atoms with Gasteiger partial charge in [-0.3, -0.25) is 9.59 Å². The molecule has 0 aliphatic carbocycles. The average Bonchev–Trinajstić information content (AvgIpc) is 3.35. The first-order valence-corrected chi connectivity index (χ1v) is 12.6. The number of nitrogens with one attached hydrogen (secondary N) is 1. The van der Waals surface area contributed by atoms with E-state index in [9.17, 15) is 14.0 Å². The quantitative estimate of drug-likeness (QED) is 0.412. The van der Waals surface area contributed by atoms with E-state index in [1.807, 2.05) is 58.5 Å². The monoisotopic (exact) mass is 481 g/mol. The van der Waals surface area contributed by atoms with Crippen molar-refractivity contribution >= 4 is 39.1 Å². The molecule has 4 aromatic rings. The van der Waals surface area contributed by atoms with E-state index in [1.54, 1.807) is 6.07 Å². The van der Waals surface area contributed by atoms with Gasteiger partial charge in [0, 0.05) is 54.4 Å². The number of piperidine rings is 1. The summed E-state index contributed by atoms with van der Waals surface area (Å²) in [5.41, 5.74) is 3.72. The predicted molar refractivity (Wildman–Crippen MR) is 140 cm³/mol. The number of amides is 2. The molecule has 6 heteroatoms. The lowest BCUT2D eigenvalue weighted by Gasteiger charge is -2.36. The largest absolute Gasteiger partial charge is 0.360 e. The molecule has 6 rings (SSSR count). The molecule has 1 N–H and O–H groups in total. The molecule has 2 aliphatic rings. The first-order chi connectivity index (χ1) is 17.6. The number of fused-ring (bicyclic) bond motifs is 2.